The number of aromatic nitrogens is 2. The van der Waals surface area contributed by atoms with Crippen molar-refractivity contribution < 1.29 is 4.79 Å². The summed E-state index contributed by atoms with van der Waals surface area (Å²) in [6.07, 6.45) is 1.82. The summed E-state index contributed by atoms with van der Waals surface area (Å²) in [7, 11) is 0. The molecule has 3 heteroatoms. The highest BCUT2D eigenvalue weighted by molar-refractivity contribution is 5.95. The third kappa shape index (κ3) is 2.37. The van der Waals surface area contributed by atoms with E-state index < -0.39 is 0 Å². The predicted octanol–water partition coefficient (Wildman–Crippen LogP) is 2.38. The number of benzene rings is 1. The van der Waals surface area contributed by atoms with Crippen LogP contribution in [0.15, 0.2) is 36.5 Å². The maximum Gasteiger partial charge on any atom is 0.184 e. The van der Waals surface area contributed by atoms with Crippen LogP contribution in [0.1, 0.15) is 21.6 Å². The van der Waals surface area contributed by atoms with Crippen LogP contribution >= 0.6 is 0 Å². The van der Waals surface area contributed by atoms with Gasteiger partial charge in [-0.15, -0.1) is 0 Å². The Morgan fingerprint density at radius 3 is 2.75 bits per heavy atom. The zero-order chi connectivity index (χ0) is 11.5. The molecule has 0 fully saturated rings. The van der Waals surface area contributed by atoms with Crippen molar-refractivity contribution in [3.63, 3.8) is 0 Å². The molecule has 3 nitrogen and oxygen atoms in total. The zero-order valence-corrected chi connectivity index (χ0v) is 9.47. The SMILES string of the molecule is Cc1cccc(C(=O)Cn2ccc(C)n2)c1. The third-order valence-electron chi connectivity index (χ3n) is 2.42. The lowest BCUT2D eigenvalue weighted by atomic mass is 10.1. The van der Waals surface area contributed by atoms with E-state index in [-0.39, 0.29) is 5.78 Å². The Kier molecular flexibility index (Phi) is 2.86. The molecule has 1 heterocycles. The fourth-order valence-corrected chi connectivity index (χ4v) is 1.61. The van der Waals surface area contributed by atoms with Gasteiger partial charge in [0, 0.05) is 11.8 Å². The quantitative estimate of drug-likeness (QED) is 0.735. The second-order valence-electron chi connectivity index (χ2n) is 3.95. The smallest absolute Gasteiger partial charge is 0.184 e. The second-order valence-corrected chi connectivity index (χ2v) is 3.95. The minimum atomic E-state index is 0.0896. The Balaban J connectivity index is 2.14. The van der Waals surface area contributed by atoms with Gasteiger partial charge in [-0.05, 0) is 26.0 Å². The number of rotatable bonds is 3. The van der Waals surface area contributed by atoms with E-state index >= 15 is 0 Å². The summed E-state index contributed by atoms with van der Waals surface area (Å²) in [6, 6.07) is 9.51. The molecular formula is C13H14N2O. The molecule has 0 bridgehead atoms. The van der Waals surface area contributed by atoms with E-state index in [9.17, 15) is 4.79 Å². The molecule has 0 amide bonds. The van der Waals surface area contributed by atoms with Crippen LogP contribution in [0.2, 0.25) is 0 Å². The van der Waals surface area contributed by atoms with Crippen LogP contribution in [0.5, 0.6) is 0 Å². The number of Topliss-reactive ketones (excluding diaryl/α,β-unsaturated/α-hetero) is 1. The Morgan fingerprint density at radius 2 is 2.12 bits per heavy atom. The molecule has 1 aromatic heterocycles. The molecule has 16 heavy (non-hydrogen) atoms. The largest absolute Gasteiger partial charge is 0.292 e. The molecule has 0 N–H and O–H groups in total. The van der Waals surface area contributed by atoms with Gasteiger partial charge in [-0.25, -0.2) is 0 Å². The van der Waals surface area contributed by atoms with Gasteiger partial charge in [0.25, 0.3) is 0 Å². The van der Waals surface area contributed by atoms with Crippen molar-refractivity contribution in [2.45, 2.75) is 20.4 Å². The number of carbonyl (C=O) groups is 1. The third-order valence-corrected chi connectivity index (χ3v) is 2.42. The molecule has 0 aliphatic carbocycles. The molecule has 2 aromatic rings. The molecule has 0 aliphatic heterocycles. The van der Waals surface area contributed by atoms with E-state index in [0.717, 1.165) is 16.8 Å². The van der Waals surface area contributed by atoms with Gasteiger partial charge in [-0.3, -0.25) is 9.48 Å². The normalized spacial score (nSPS) is 10.4. The summed E-state index contributed by atoms with van der Waals surface area (Å²) in [5.74, 6) is 0.0896. The van der Waals surface area contributed by atoms with Gasteiger partial charge in [0.15, 0.2) is 5.78 Å². The molecule has 0 saturated heterocycles. The van der Waals surface area contributed by atoms with Crippen molar-refractivity contribution in [3.05, 3.63) is 53.3 Å². The van der Waals surface area contributed by atoms with Crippen LogP contribution in [-0.4, -0.2) is 15.6 Å². The summed E-state index contributed by atoms with van der Waals surface area (Å²) in [5, 5.41) is 4.19. The van der Waals surface area contributed by atoms with E-state index in [1.807, 2.05) is 50.4 Å². The van der Waals surface area contributed by atoms with Crippen LogP contribution < -0.4 is 0 Å². The van der Waals surface area contributed by atoms with Crippen LogP contribution in [0.25, 0.3) is 0 Å². The summed E-state index contributed by atoms with van der Waals surface area (Å²) in [5.41, 5.74) is 2.77. The Morgan fingerprint density at radius 1 is 1.31 bits per heavy atom. The topological polar surface area (TPSA) is 34.9 Å². The highest BCUT2D eigenvalue weighted by atomic mass is 16.1. The van der Waals surface area contributed by atoms with Crippen LogP contribution in [0, 0.1) is 13.8 Å². The molecule has 82 valence electrons. The van der Waals surface area contributed by atoms with Crippen molar-refractivity contribution in [1.29, 1.82) is 0 Å². The number of ketones is 1. The molecule has 2 rings (SSSR count). The first-order valence-electron chi connectivity index (χ1n) is 5.25. The van der Waals surface area contributed by atoms with E-state index in [4.69, 9.17) is 0 Å². The monoisotopic (exact) mass is 214 g/mol. The van der Waals surface area contributed by atoms with Gasteiger partial charge in [0.1, 0.15) is 6.54 Å². The molecule has 0 saturated carbocycles. The fraction of sp³-hybridized carbons (Fsp3) is 0.231. The minimum absolute atomic E-state index is 0.0896. The molecule has 0 spiro atoms. The maximum absolute atomic E-state index is 11.9. The van der Waals surface area contributed by atoms with Crippen molar-refractivity contribution in [2.75, 3.05) is 0 Å². The standard InChI is InChI=1S/C13H14N2O/c1-10-4-3-5-12(8-10)13(16)9-15-7-6-11(2)14-15/h3-8H,9H2,1-2H3. The zero-order valence-electron chi connectivity index (χ0n) is 9.47. The Hall–Kier alpha value is -1.90. The second kappa shape index (κ2) is 4.31. The van der Waals surface area contributed by atoms with Crippen molar-refractivity contribution in [1.82, 2.24) is 9.78 Å². The average molecular weight is 214 g/mol. The number of hydrogen-bond acceptors (Lipinski definition) is 2. The first kappa shape index (κ1) is 10.6. The van der Waals surface area contributed by atoms with E-state index in [2.05, 4.69) is 5.10 Å². The van der Waals surface area contributed by atoms with E-state index in [0.29, 0.717) is 6.54 Å². The first-order valence-corrected chi connectivity index (χ1v) is 5.25. The Labute approximate surface area is 94.7 Å². The Bertz CT molecular complexity index is 514. The first-order chi connectivity index (χ1) is 7.65. The van der Waals surface area contributed by atoms with E-state index in [1.165, 1.54) is 0 Å². The number of aryl methyl sites for hydroxylation is 2. The molecule has 0 unspecified atom stereocenters. The van der Waals surface area contributed by atoms with Gasteiger partial charge in [0.05, 0.1) is 5.69 Å². The summed E-state index contributed by atoms with van der Waals surface area (Å²) in [4.78, 5) is 11.9. The lowest BCUT2D eigenvalue weighted by molar-refractivity contribution is 0.0967. The lowest BCUT2D eigenvalue weighted by Crippen LogP contribution is -2.11. The van der Waals surface area contributed by atoms with Crippen molar-refractivity contribution in [3.8, 4) is 0 Å². The van der Waals surface area contributed by atoms with Gasteiger partial charge in [-0.2, -0.15) is 5.10 Å². The fourth-order valence-electron chi connectivity index (χ4n) is 1.61. The number of nitrogens with zero attached hydrogens (tertiary/aromatic N) is 2. The summed E-state index contributed by atoms with van der Waals surface area (Å²) < 4.78 is 1.67. The van der Waals surface area contributed by atoms with E-state index in [1.54, 1.807) is 4.68 Å². The van der Waals surface area contributed by atoms with Crippen molar-refractivity contribution in [2.24, 2.45) is 0 Å². The highest BCUT2D eigenvalue weighted by Gasteiger charge is 2.07. The molecular weight excluding hydrogens is 200 g/mol. The predicted molar refractivity (Wildman–Crippen MR) is 62.5 cm³/mol. The lowest BCUT2D eigenvalue weighted by Gasteiger charge is -2.02. The minimum Gasteiger partial charge on any atom is -0.292 e. The van der Waals surface area contributed by atoms with Crippen LogP contribution in [0.3, 0.4) is 0 Å². The summed E-state index contributed by atoms with van der Waals surface area (Å²) >= 11 is 0. The van der Waals surface area contributed by atoms with Crippen LogP contribution in [0.4, 0.5) is 0 Å². The highest BCUT2D eigenvalue weighted by Crippen LogP contribution is 2.06. The van der Waals surface area contributed by atoms with Gasteiger partial charge >= 0.3 is 0 Å². The van der Waals surface area contributed by atoms with Crippen LogP contribution in [-0.2, 0) is 6.54 Å². The maximum atomic E-state index is 11.9. The number of hydrogen-bond donors (Lipinski definition) is 0. The molecule has 0 radical (unpaired) electrons. The van der Waals surface area contributed by atoms with Gasteiger partial charge in [0.2, 0.25) is 0 Å². The molecule has 1 aromatic carbocycles. The van der Waals surface area contributed by atoms with Gasteiger partial charge in [-0.1, -0.05) is 23.8 Å². The number of carbonyl (C=O) groups excluding carboxylic acids is 1. The average Bonchev–Trinajstić information content (AvgIpc) is 2.64. The summed E-state index contributed by atoms with van der Waals surface area (Å²) in [6.45, 7) is 4.19. The molecule has 0 atom stereocenters. The van der Waals surface area contributed by atoms with Gasteiger partial charge < -0.3 is 0 Å². The van der Waals surface area contributed by atoms with Crippen molar-refractivity contribution >= 4 is 5.78 Å². The molecule has 0 aliphatic rings.